The lowest BCUT2D eigenvalue weighted by Crippen LogP contribution is -2.31. The van der Waals surface area contributed by atoms with E-state index < -0.39 is 11.5 Å². The summed E-state index contributed by atoms with van der Waals surface area (Å²) >= 11 is 11.7. The summed E-state index contributed by atoms with van der Waals surface area (Å²) in [6.07, 6.45) is -0.118. The lowest BCUT2D eigenvalue weighted by molar-refractivity contribution is -0.134. The molecule has 0 radical (unpaired) electrons. The normalized spacial score (nSPS) is 10.8. The number of H-pyrrole nitrogens is 1. The number of nitrogens with one attached hydrogen (secondary N) is 1. The van der Waals surface area contributed by atoms with Crippen LogP contribution in [0, 0.1) is 0 Å². The van der Waals surface area contributed by atoms with Gasteiger partial charge in [-0.1, -0.05) is 35.3 Å². The molecule has 1 aromatic heterocycles. The van der Waals surface area contributed by atoms with Crippen LogP contribution in [0.5, 0.6) is 5.75 Å². The zero-order chi connectivity index (χ0) is 18.0. The van der Waals surface area contributed by atoms with Crippen LogP contribution < -0.4 is 15.9 Å². The van der Waals surface area contributed by atoms with Crippen LogP contribution in [0.25, 0.3) is 10.8 Å². The van der Waals surface area contributed by atoms with Gasteiger partial charge in [0.2, 0.25) is 0 Å². The van der Waals surface area contributed by atoms with Gasteiger partial charge in [0.15, 0.2) is 0 Å². The molecule has 2 aromatic carbocycles. The van der Waals surface area contributed by atoms with Crippen molar-refractivity contribution in [1.82, 2.24) is 9.78 Å². The summed E-state index contributed by atoms with van der Waals surface area (Å²) in [5.41, 5.74) is -0.781. The smallest absolute Gasteiger partial charge is 0.313 e. The van der Waals surface area contributed by atoms with Crippen molar-refractivity contribution in [2.45, 2.75) is 13.0 Å². The Morgan fingerprint density at radius 1 is 1.08 bits per heavy atom. The quantitative estimate of drug-likeness (QED) is 0.558. The third-order valence-electron chi connectivity index (χ3n) is 3.54. The van der Waals surface area contributed by atoms with E-state index in [0.29, 0.717) is 15.8 Å². The average molecular weight is 379 g/mol. The third kappa shape index (κ3) is 3.75. The maximum atomic E-state index is 12.3. The lowest BCUT2D eigenvalue weighted by atomic mass is 10.2. The standard InChI is InChI=1S/C17H12Cl2N2O4/c18-10-5-6-14(13(19)9-10)25-15(22)7-8-21-17(24)12-4-2-1-3-11(12)16(23)20-21/h1-6,9H,7-8H2,(H,20,23). The van der Waals surface area contributed by atoms with Crippen LogP contribution in [-0.2, 0) is 11.3 Å². The molecule has 0 aliphatic rings. The highest BCUT2D eigenvalue weighted by molar-refractivity contribution is 6.35. The van der Waals surface area contributed by atoms with Crippen LogP contribution in [-0.4, -0.2) is 15.7 Å². The van der Waals surface area contributed by atoms with Crippen LogP contribution in [0.3, 0.4) is 0 Å². The van der Waals surface area contributed by atoms with Gasteiger partial charge in [0.25, 0.3) is 11.1 Å². The minimum Gasteiger partial charge on any atom is -0.425 e. The molecule has 3 aromatic rings. The molecule has 0 saturated heterocycles. The largest absolute Gasteiger partial charge is 0.425 e. The number of aryl methyl sites for hydroxylation is 1. The zero-order valence-corrected chi connectivity index (χ0v) is 14.3. The van der Waals surface area contributed by atoms with E-state index in [1.54, 1.807) is 30.3 Å². The molecule has 25 heavy (non-hydrogen) atoms. The van der Waals surface area contributed by atoms with Gasteiger partial charge >= 0.3 is 5.97 Å². The Bertz CT molecular complexity index is 1070. The monoisotopic (exact) mass is 378 g/mol. The molecule has 0 unspecified atom stereocenters. The van der Waals surface area contributed by atoms with Gasteiger partial charge in [-0.3, -0.25) is 19.5 Å². The van der Waals surface area contributed by atoms with E-state index in [1.807, 2.05) is 0 Å². The summed E-state index contributed by atoms with van der Waals surface area (Å²) in [6.45, 7) is -0.0249. The Labute approximate surface area is 151 Å². The predicted octanol–water partition coefficient (Wildman–Crippen LogP) is 2.99. The summed E-state index contributed by atoms with van der Waals surface area (Å²) < 4.78 is 6.24. The summed E-state index contributed by atoms with van der Waals surface area (Å²) in [5.74, 6) is -0.416. The van der Waals surface area contributed by atoms with Crippen molar-refractivity contribution in [3.63, 3.8) is 0 Å². The second-order valence-corrected chi connectivity index (χ2v) is 6.09. The van der Waals surface area contributed by atoms with Crippen molar-refractivity contribution < 1.29 is 9.53 Å². The second kappa shape index (κ2) is 7.13. The Hall–Kier alpha value is -2.57. The topological polar surface area (TPSA) is 81.2 Å². The van der Waals surface area contributed by atoms with Gasteiger partial charge in [0.05, 0.1) is 28.8 Å². The number of esters is 1. The highest BCUT2D eigenvalue weighted by Crippen LogP contribution is 2.27. The number of benzene rings is 2. The number of aromatic amines is 1. The molecule has 0 saturated carbocycles. The van der Waals surface area contributed by atoms with Crippen molar-refractivity contribution >= 4 is 39.9 Å². The molecule has 0 atom stereocenters. The van der Waals surface area contributed by atoms with E-state index in [9.17, 15) is 14.4 Å². The van der Waals surface area contributed by atoms with Crippen molar-refractivity contribution in [1.29, 1.82) is 0 Å². The predicted molar refractivity (Wildman–Crippen MR) is 95.5 cm³/mol. The molecule has 1 heterocycles. The van der Waals surface area contributed by atoms with Crippen LogP contribution in [0.15, 0.2) is 52.1 Å². The molecule has 0 amide bonds. The zero-order valence-electron chi connectivity index (χ0n) is 12.8. The van der Waals surface area contributed by atoms with Crippen molar-refractivity contribution in [3.05, 3.63) is 73.2 Å². The van der Waals surface area contributed by atoms with Gasteiger partial charge in [-0.05, 0) is 30.3 Å². The third-order valence-corrected chi connectivity index (χ3v) is 4.07. The van der Waals surface area contributed by atoms with Gasteiger partial charge in [0.1, 0.15) is 5.75 Å². The number of ether oxygens (including phenoxy) is 1. The molecule has 3 rings (SSSR count). The Balaban J connectivity index is 1.76. The first-order valence-electron chi connectivity index (χ1n) is 7.33. The molecular formula is C17H12Cl2N2O4. The summed E-state index contributed by atoms with van der Waals surface area (Å²) in [4.78, 5) is 36.3. The van der Waals surface area contributed by atoms with Gasteiger partial charge in [0, 0.05) is 5.02 Å². The Morgan fingerprint density at radius 2 is 1.80 bits per heavy atom. The fraction of sp³-hybridized carbons (Fsp3) is 0.118. The first-order valence-corrected chi connectivity index (χ1v) is 8.09. The SMILES string of the molecule is O=C(CCn1[nH]c(=O)c2ccccc2c1=O)Oc1ccc(Cl)cc1Cl. The van der Waals surface area contributed by atoms with E-state index >= 15 is 0 Å². The molecule has 0 fully saturated rings. The van der Waals surface area contributed by atoms with E-state index in [1.165, 1.54) is 12.1 Å². The van der Waals surface area contributed by atoms with Crippen molar-refractivity contribution in [3.8, 4) is 5.75 Å². The molecule has 0 bridgehead atoms. The number of hydrogen-bond acceptors (Lipinski definition) is 4. The second-order valence-electron chi connectivity index (χ2n) is 5.24. The van der Waals surface area contributed by atoms with E-state index in [-0.39, 0.29) is 29.3 Å². The van der Waals surface area contributed by atoms with Crippen LogP contribution in [0.4, 0.5) is 0 Å². The molecule has 0 spiro atoms. The molecule has 1 N–H and O–H groups in total. The van der Waals surface area contributed by atoms with E-state index in [2.05, 4.69) is 5.10 Å². The van der Waals surface area contributed by atoms with Gasteiger partial charge in [-0.25, -0.2) is 4.68 Å². The van der Waals surface area contributed by atoms with Gasteiger partial charge in [-0.2, -0.15) is 0 Å². The maximum absolute atomic E-state index is 12.3. The molecule has 8 heteroatoms. The number of aromatic nitrogens is 2. The highest BCUT2D eigenvalue weighted by atomic mass is 35.5. The molecule has 6 nitrogen and oxygen atoms in total. The first kappa shape index (κ1) is 17.3. The Kier molecular flexibility index (Phi) is 4.92. The minimum atomic E-state index is -0.592. The van der Waals surface area contributed by atoms with Crippen LogP contribution >= 0.6 is 23.2 Å². The van der Waals surface area contributed by atoms with E-state index in [4.69, 9.17) is 27.9 Å². The lowest BCUT2D eigenvalue weighted by Gasteiger charge is -2.08. The summed E-state index contributed by atoms with van der Waals surface area (Å²) in [7, 11) is 0. The number of carbonyl (C=O) groups excluding carboxylic acids is 1. The fourth-order valence-corrected chi connectivity index (χ4v) is 2.79. The number of halogens is 2. The number of carbonyl (C=O) groups is 1. The highest BCUT2D eigenvalue weighted by Gasteiger charge is 2.11. The fourth-order valence-electron chi connectivity index (χ4n) is 2.34. The number of nitrogens with zero attached hydrogens (tertiary/aromatic N) is 1. The van der Waals surface area contributed by atoms with E-state index in [0.717, 1.165) is 4.68 Å². The Morgan fingerprint density at radius 3 is 2.52 bits per heavy atom. The summed E-state index contributed by atoms with van der Waals surface area (Å²) in [6, 6.07) is 11.0. The number of rotatable bonds is 4. The summed E-state index contributed by atoms with van der Waals surface area (Å²) in [5, 5.41) is 3.68. The molecule has 128 valence electrons. The van der Waals surface area contributed by atoms with Crippen molar-refractivity contribution in [2.75, 3.05) is 0 Å². The molecular weight excluding hydrogens is 367 g/mol. The van der Waals surface area contributed by atoms with Crippen LogP contribution in [0.1, 0.15) is 6.42 Å². The molecule has 0 aliphatic heterocycles. The number of fused-ring (bicyclic) bond motifs is 1. The van der Waals surface area contributed by atoms with Gasteiger partial charge in [-0.15, -0.1) is 0 Å². The first-order chi connectivity index (χ1) is 12.0. The van der Waals surface area contributed by atoms with Crippen molar-refractivity contribution in [2.24, 2.45) is 0 Å². The van der Waals surface area contributed by atoms with Gasteiger partial charge < -0.3 is 4.74 Å². The minimum absolute atomic E-state index is 0.0249. The number of hydrogen-bond donors (Lipinski definition) is 1. The van der Waals surface area contributed by atoms with Crippen LogP contribution in [0.2, 0.25) is 10.0 Å². The maximum Gasteiger partial charge on any atom is 0.313 e. The average Bonchev–Trinajstić information content (AvgIpc) is 2.59. The molecule has 0 aliphatic carbocycles.